The Balaban J connectivity index is 1.90. The van der Waals surface area contributed by atoms with Crippen molar-refractivity contribution < 1.29 is 9.90 Å². The molecular formula is C16H22Cl2N2O2. The number of aliphatic hydroxyl groups excluding tert-OH is 1. The highest BCUT2D eigenvalue weighted by molar-refractivity contribution is 6.42. The normalized spacial score (nSPS) is 18.9. The maximum atomic E-state index is 12.3. The number of likely N-dealkylation sites (tertiary alicyclic amines) is 1. The summed E-state index contributed by atoms with van der Waals surface area (Å²) in [5, 5.41) is 13.6. The number of benzene rings is 1. The molecule has 2 rings (SSSR count). The SMILES string of the molecule is CC(NC(=O)N1CCC(C(C)O)CC1)c1ccc(Cl)c(Cl)c1. The van der Waals surface area contributed by atoms with Crippen molar-refractivity contribution in [2.75, 3.05) is 13.1 Å². The molecule has 1 heterocycles. The Morgan fingerprint density at radius 2 is 1.91 bits per heavy atom. The molecule has 2 N–H and O–H groups in total. The Hall–Kier alpha value is -0.970. The molecule has 1 aliphatic heterocycles. The van der Waals surface area contributed by atoms with Gasteiger partial charge in [0.15, 0.2) is 0 Å². The maximum Gasteiger partial charge on any atom is 0.317 e. The number of urea groups is 1. The zero-order chi connectivity index (χ0) is 16.3. The van der Waals surface area contributed by atoms with Crippen LogP contribution in [0, 0.1) is 5.92 Å². The number of amides is 2. The average Bonchev–Trinajstić information content (AvgIpc) is 2.50. The molecule has 0 aromatic heterocycles. The number of rotatable bonds is 3. The standard InChI is InChI=1S/C16H22Cl2N2O2/c1-10(13-3-4-14(17)15(18)9-13)19-16(22)20-7-5-12(6-8-20)11(2)21/h3-4,9-12,21H,5-8H2,1-2H3,(H,19,22). The van der Waals surface area contributed by atoms with Crippen LogP contribution in [0.25, 0.3) is 0 Å². The molecule has 0 bridgehead atoms. The third-order valence-corrected chi connectivity index (χ3v) is 5.03. The monoisotopic (exact) mass is 344 g/mol. The zero-order valence-electron chi connectivity index (χ0n) is 12.9. The van der Waals surface area contributed by atoms with Crippen molar-refractivity contribution >= 4 is 29.2 Å². The molecule has 2 atom stereocenters. The first-order valence-electron chi connectivity index (χ1n) is 7.57. The smallest absolute Gasteiger partial charge is 0.317 e. The van der Waals surface area contributed by atoms with E-state index >= 15 is 0 Å². The highest BCUT2D eigenvalue weighted by atomic mass is 35.5. The Kier molecular flexibility index (Phi) is 5.95. The van der Waals surface area contributed by atoms with Crippen LogP contribution in [-0.2, 0) is 0 Å². The van der Waals surface area contributed by atoms with E-state index in [1.54, 1.807) is 17.0 Å². The number of nitrogens with zero attached hydrogens (tertiary/aromatic N) is 1. The summed E-state index contributed by atoms with van der Waals surface area (Å²) in [6, 6.07) is 5.14. The summed E-state index contributed by atoms with van der Waals surface area (Å²) < 4.78 is 0. The number of piperidine rings is 1. The minimum atomic E-state index is -0.305. The summed E-state index contributed by atoms with van der Waals surface area (Å²) in [4.78, 5) is 14.1. The Morgan fingerprint density at radius 1 is 1.27 bits per heavy atom. The molecule has 1 aromatic carbocycles. The van der Waals surface area contributed by atoms with E-state index in [-0.39, 0.29) is 24.1 Å². The number of carbonyl (C=O) groups excluding carboxylic acids is 1. The molecule has 6 heteroatoms. The van der Waals surface area contributed by atoms with Crippen LogP contribution >= 0.6 is 23.2 Å². The lowest BCUT2D eigenvalue weighted by molar-refractivity contribution is 0.0794. The van der Waals surface area contributed by atoms with Crippen molar-refractivity contribution in [3.8, 4) is 0 Å². The van der Waals surface area contributed by atoms with E-state index in [4.69, 9.17) is 23.2 Å². The van der Waals surface area contributed by atoms with Crippen molar-refractivity contribution in [1.29, 1.82) is 0 Å². The first kappa shape index (κ1) is 17.4. The van der Waals surface area contributed by atoms with Crippen molar-refractivity contribution in [1.82, 2.24) is 10.2 Å². The van der Waals surface area contributed by atoms with Crippen LogP contribution in [0.15, 0.2) is 18.2 Å². The minimum Gasteiger partial charge on any atom is -0.393 e. The van der Waals surface area contributed by atoms with Gasteiger partial charge in [0.25, 0.3) is 0 Å². The summed E-state index contributed by atoms with van der Waals surface area (Å²) in [6.07, 6.45) is 1.37. The molecule has 0 saturated carbocycles. The lowest BCUT2D eigenvalue weighted by Crippen LogP contribution is -2.46. The highest BCUT2D eigenvalue weighted by Crippen LogP contribution is 2.26. The fraction of sp³-hybridized carbons (Fsp3) is 0.562. The Morgan fingerprint density at radius 3 is 2.45 bits per heavy atom. The van der Waals surface area contributed by atoms with Gasteiger partial charge in [-0.15, -0.1) is 0 Å². The van der Waals surface area contributed by atoms with Gasteiger partial charge in [0.1, 0.15) is 0 Å². The lowest BCUT2D eigenvalue weighted by atomic mass is 9.92. The van der Waals surface area contributed by atoms with Crippen molar-refractivity contribution in [3.63, 3.8) is 0 Å². The molecule has 0 aliphatic carbocycles. The van der Waals surface area contributed by atoms with Crippen LogP contribution in [0.5, 0.6) is 0 Å². The summed E-state index contributed by atoms with van der Waals surface area (Å²) >= 11 is 11.9. The fourth-order valence-corrected chi connectivity index (χ4v) is 3.03. The molecule has 0 radical (unpaired) electrons. The third kappa shape index (κ3) is 4.28. The first-order chi connectivity index (χ1) is 10.4. The van der Waals surface area contributed by atoms with Crippen LogP contribution in [0.4, 0.5) is 4.79 Å². The summed E-state index contributed by atoms with van der Waals surface area (Å²) in [7, 11) is 0. The number of halogens is 2. The van der Waals surface area contributed by atoms with Gasteiger partial charge >= 0.3 is 6.03 Å². The number of nitrogens with one attached hydrogen (secondary N) is 1. The Bertz CT molecular complexity index is 529. The van der Waals surface area contributed by atoms with E-state index < -0.39 is 0 Å². The van der Waals surface area contributed by atoms with Gasteiger partial charge in [-0.25, -0.2) is 4.79 Å². The van der Waals surface area contributed by atoms with E-state index in [1.807, 2.05) is 19.9 Å². The summed E-state index contributed by atoms with van der Waals surface area (Å²) in [6.45, 7) is 5.08. The topological polar surface area (TPSA) is 52.6 Å². The van der Waals surface area contributed by atoms with Crippen LogP contribution in [0.3, 0.4) is 0 Å². The number of carbonyl (C=O) groups is 1. The van der Waals surface area contributed by atoms with E-state index in [2.05, 4.69) is 5.32 Å². The van der Waals surface area contributed by atoms with Crippen molar-refractivity contribution in [2.45, 2.75) is 38.8 Å². The summed E-state index contributed by atoms with van der Waals surface area (Å²) in [5.41, 5.74) is 0.918. The summed E-state index contributed by atoms with van der Waals surface area (Å²) in [5.74, 6) is 0.288. The lowest BCUT2D eigenvalue weighted by Gasteiger charge is -2.34. The molecule has 1 fully saturated rings. The molecule has 2 unspecified atom stereocenters. The molecule has 4 nitrogen and oxygen atoms in total. The van der Waals surface area contributed by atoms with Gasteiger partial charge in [0.2, 0.25) is 0 Å². The predicted molar refractivity (Wildman–Crippen MR) is 89.4 cm³/mol. The first-order valence-corrected chi connectivity index (χ1v) is 8.32. The maximum absolute atomic E-state index is 12.3. The molecular weight excluding hydrogens is 323 g/mol. The molecule has 22 heavy (non-hydrogen) atoms. The zero-order valence-corrected chi connectivity index (χ0v) is 14.4. The Labute approximate surface area is 141 Å². The van der Waals surface area contributed by atoms with Gasteiger partial charge in [-0.2, -0.15) is 0 Å². The second-order valence-corrected chi connectivity index (χ2v) is 6.72. The molecule has 1 saturated heterocycles. The van der Waals surface area contributed by atoms with Gasteiger partial charge in [0.05, 0.1) is 22.2 Å². The third-order valence-electron chi connectivity index (χ3n) is 4.29. The number of hydrogen-bond acceptors (Lipinski definition) is 2. The highest BCUT2D eigenvalue weighted by Gasteiger charge is 2.26. The van der Waals surface area contributed by atoms with Crippen LogP contribution in [-0.4, -0.2) is 35.2 Å². The van der Waals surface area contributed by atoms with Gasteiger partial charge in [0, 0.05) is 13.1 Å². The second-order valence-electron chi connectivity index (χ2n) is 5.91. The van der Waals surface area contributed by atoms with Gasteiger partial charge in [-0.1, -0.05) is 29.3 Å². The van der Waals surface area contributed by atoms with Crippen LogP contribution in [0.1, 0.15) is 38.3 Å². The van der Waals surface area contributed by atoms with Crippen molar-refractivity contribution in [2.24, 2.45) is 5.92 Å². The van der Waals surface area contributed by atoms with Gasteiger partial charge in [-0.05, 0) is 50.3 Å². The van der Waals surface area contributed by atoms with Gasteiger partial charge < -0.3 is 15.3 Å². The molecule has 0 spiro atoms. The number of aliphatic hydroxyl groups is 1. The molecule has 1 aromatic rings. The van der Waals surface area contributed by atoms with E-state index in [1.165, 1.54) is 0 Å². The second kappa shape index (κ2) is 7.53. The minimum absolute atomic E-state index is 0.0809. The molecule has 1 aliphatic rings. The molecule has 122 valence electrons. The molecule has 2 amide bonds. The largest absolute Gasteiger partial charge is 0.393 e. The van der Waals surface area contributed by atoms with Crippen LogP contribution < -0.4 is 5.32 Å². The van der Waals surface area contributed by atoms with Crippen LogP contribution in [0.2, 0.25) is 10.0 Å². The van der Waals surface area contributed by atoms with E-state index in [0.29, 0.717) is 23.1 Å². The van der Waals surface area contributed by atoms with Crippen molar-refractivity contribution in [3.05, 3.63) is 33.8 Å². The number of hydrogen-bond donors (Lipinski definition) is 2. The fourth-order valence-electron chi connectivity index (χ4n) is 2.73. The average molecular weight is 345 g/mol. The predicted octanol–water partition coefficient (Wildman–Crippen LogP) is 3.86. The van der Waals surface area contributed by atoms with E-state index in [0.717, 1.165) is 18.4 Å². The van der Waals surface area contributed by atoms with E-state index in [9.17, 15) is 9.90 Å². The van der Waals surface area contributed by atoms with Gasteiger partial charge in [-0.3, -0.25) is 0 Å². The quantitative estimate of drug-likeness (QED) is 0.874.